The number of hydrogen-bond donors (Lipinski definition) is 1. The van der Waals surface area contributed by atoms with Crippen molar-refractivity contribution in [2.45, 2.75) is 19.3 Å². The van der Waals surface area contributed by atoms with Crippen LogP contribution in [0.3, 0.4) is 0 Å². The van der Waals surface area contributed by atoms with Crippen molar-refractivity contribution in [1.29, 1.82) is 5.26 Å². The fourth-order valence-electron chi connectivity index (χ4n) is 2.70. The largest absolute Gasteiger partial charge is 0.383 e. The Morgan fingerprint density at radius 2 is 2.05 bits per heavy atom. The second-order valence-electron chi connectivity index (χ2n) is 4.76. The highest BCUT2D eigenvalue weighted by molar-refractivity contribution is 5.80. The van der Waals surface area contributed by atoms with Crippen LogP contribution < -0.4 is 5.73 Å². The average Bonchev–Trinajstić information content (AvgIpc) is 2.87. The monoisotopic (exact) mass is 271 g/mol. The molecule has 100 valence electrons. The molecule has 2 N–H and O–H groups in total. The third-order valence-corrected chi connectivity index (χ3v) is 3.56. The quantitative estimate of drug-likeness (QED) is 0.867. The molecule has 0 spiro atoms. The van der Waals surface area contributed by atoms with Crippen molar-refractivity contribution in [2.24, 2.45) is 0 Å². The van der Waals surface area contributed by atoms with Crippen molar-refractivity contribution in [1.82, 2.24) is 4.98 Å². The number of nitrogens with zero attached hydrogens (tertiary/aromatic N) is 2. The van der Waals surface area contributed by atoms with Gasteiger partial charge in [0.15, 0.2) is 0 Å². The van der Waals surface area contributed by atoms with Crippen molar-refractivity contribution < 1.29 is 8.78 Å². The van der Waals surface area contributed by atoms with Crippen LogP contribution >= 0.6 is 0 Å². The van der Waals surface area contributed by atoms with Gasteiger partial charge in [0, 0.05) is 16.8 Å². The van der Waals surface area contributed by atoms with Crippen LogP contribution in [0.25, 0.3) is 11.1 Å². The van der Waals surface area contributed by atoms with E-state index in [-0.39, 0.29) is 16.9 Å². The number of benzene rings is 1. The Morgan fingerprint density at radius 1 is 1.25 bits per heavy atom. The zero-order valence-electron chi connectivity index (χ0n) is 10.6. The van der Waals surface area contributed by atoms with Crippen LogP contribution in [0.1, 0.15) is 23.2 Å². The average molecular weight is 271 g/mol. The molecule has 0 saturated carbocycles. The van der Waals surface area contributed by atoms with Gasteiger partial charge < -0.3 is 5.73 Å². The van der Waals surface area contributed by atoms with E-state index in [1.807, 2.05) is 6.07 Å². The zero-order valence-corrected chi connectivity index (χ0v) is 10.6. The number of rotatable bonds is 1. The van der Waals surface area contributed by atoms with Gasteiger partial charge in [-0.3, -0.25) is 0 Å². The van der Waals surface area contributed by atoms with E-state index in [1.165, 1.54) is 0 Å². The molecule has 0 unspecified atom stereocenters. The Balaban J connectivity index is 2.38. The Labute approximate surface area is 114 Å². The first kappa shape index (κ1) is 12.5. The van der Waals surface area contributed by atoms with Crippen LogP contribution in [0.4, 0.5) is 14.6 Å². The summed E-state index contributed by atoms with van der Waals surface area (Å²) in [5, 5.41) is 9.27. The minimum Gasteiger partial charge on any atom is -0.383 e. The standard InChI is InChI=1S/C15H11F2N3/c16-8-4-5-12(17)10(6-8)14-9-2-1-3-13(9)20-15(19)11(14)7-18/h4-6H,1-3H2,(H2,19,20). The van der Waals surface area contributed by atoms with Crippen molar-refractivity contribution in [3.8, 4) is 17.2 Å². The fraction of sp³-hybridized carbons (Fsp3) is 0.200. The third kappa shape index (κ3) is 1.81. The van der Waals surface area contributed by atoms with E-state index < -0.39 is 11.6 Å². The molecule has 0 saturated heterocycles. The lowest BCUT2D eigenvalue weighted by Gasteiger charge is -2.13. The van der Waals surface area contributed by atoms with Gasteiger partial charge in [-0.15, -0.1) is 0 Å². The smallest absolute Gasteiger partial charge is 0.142 e. The first-order valence-electron chi connectivity index (χ1n) is 6.28. The molecule has 0 atom stereocenters. The summed E-state index contributed by atoms with van der Waals surface area (Å²) in [6.07, 6.45) is 2.32. The normalized spacial score (nSPS) is 13.1. The molecule has 20 heavy (non-hydrogen) atoms. The van der Waals surface area contributed by atoms with E-state index in [2.05, 4.69) is 4.98 Å². The van der Waals surface area contributed by atoms with Crippen LogP contribution in [0.5, 0.6) is 0 Å². The lowest BCUT2D eigenvalue weighted by atomic mass is 9.94. The van der Waals surface area contributed by atoms with E-state index in [4.69, 9.17) is 5.73 Å². The Kier molecular flexibility index (Phi) is 2.87. The van der Waals surface area contributed by atoms with Crippen LogP contribution in [0.15, 0.2) is 18.2 Å². The number of anilines is 1. The number of nitriles is 1. The first-order valence-corrected chi connectivity index (χ1v) is 6.28. The van der Waals surface area contributed by atoms with Gasteiger partial charge in [0.05, 0.1) is 0 Å². The highest BCUT2D eigenvalue weighted by Gasteiger charge is 2.24. The molecular weight excluding hydrogens is 260 g/mol. The van der Waals surface area contributed by atoms with E-state index in [9.17, 15) is 14.0 Å². The number of aromatic nitrogens is 1. The molecule has 1 aliphatic rings. The van der Waals surface area contributed by atoms with Crippen LogP contribution in [0, 0.1) is 23.0 Å². The van der Waals surface area contributed by atoms with Gasteiger partial charge in [-0.25, -0.2) is 13.8 Å². The number of aryl methyl sites for hydroxylation is 1. The summed E-state index contributed by atoms with van der Waals surface area (Å²) < 4.78 is 27.5. The summed E-state index contributed by atoms with van der Waals surface area (Å²) in [7, 11) is 0. The van der Waals surface area contributed by atoms with Crippen LogP contribution in [-0.2, 0) is 12.8 Å². The molecule has 0 fully saturated rings. The summed E-state index contributed by atoms with van der Waals surface area (Å²) in [4.78, 5) is 4.20. The summed E-state index contributed by atoms with van der Waals surface area (Å²) in [6, 6.07) is 5.17. The Hall–Kier alpha value is -2.48. The Morgan fingerprint density at radius 3 is 2.80 bits per heavy atom. The maximum atomic E-state index is 14.0. The van der Waals surface area contributed by atoms with E-state index in [1.54, 1.807) is 0 Å². The second-order valence-corrected chi connectivity index (χ2v) is 4.76. The summed E-state index contributed by atoms with van der Waals surface area (Å²) in [5.74, 6) is -1.04. The van der Waals surface area contributed by atoms with Gasteiger partial charge in [0.25, 0.3) is 0 Å². The fourth-order valence-corrected chi connectivity index (χ4v) is 2.70. The van der Waals surface area contributed by atoms with Gasteiger partial charge in [0.2, 0.25) is 0 Å². The number of halogens is 2. The molecule has 3 nitrogen and oxygen atoms in total. The third-order valence-electron chi connectivity index (χ3n) is 3.56. The maximum absolute atomic E-state index is 14.0. The molecule has 1 heterocycles. The van der Waals surface area contributed by atoms with Gasteiger partial charge >= 0.3 is 0 Å². The molecule has 1 aromatic heterocycles. The molecule has 1 aliphatic carbocycles. The summed E-state index contributed by atoms with van der Waals surface area (Å²) >= 11 is 0. The zero-order chi connectivity index (χ0) is 14.3. The molecule has 2 aromatic rings. The van der Waals surface area contributed by atoms with Gasteiger partial charge in [-0.05, 0) is 43.0 Å². The summed E-state index contributed by atoms with van der Waals surface area (Å²) in [5.41, 5.74) is 7.96. The molecule has 0 bridgehead atoms. The number of hydrogen-bond acceptors (Lipinski definition) is 3. The molecule has 3 rings (SSSR count). The molecule has 5 heteroatoms. The van der Waals surface area contributed by atoms with Crippen LogP contribution in [0.2, 0.25) is 0 Å². The van der Waals surface area contributed by atoms with Gasteiger partial charge in [-0.1, -0.05) is 0 Å². The molecule has 0 amide bonds. The highest BCUT2D eigenvalue weighted by Crippen LogP contribution is 2.37. The predicted octanol–water partition coefficient (Wildman–Crippen LogP) is 2.97. The van der Waals surface area contributed by atoms with E-state index >= 15 is 0 Å². The first-order chi connectivity index (χ1) is 9.61. The number of fused-ring (bicyclic) bond motifs is 1. The Bertz CT molecular complexity index is 747. The summed E-state index contributed by atoms with van der Waals surface area (Å²) in [6.45, 7) is 0. The minimum absolute atomic E-state index is 0.0758. The van der Waals surface area contributed by atoms with Crippen molar-refractivity contribution in [3.05, 3.63) is 46.7 Å². The van der Waals surface area contributed by atoms with Crippen LogP contribution in [-0.4, -0.2) is 4.98 Å². The number of nitrogens with two attached hydrogens (primary N) is 1. The molecule has 0 radical (unpaired) electrons. The molecule has 1 aromatic carbocycles. The van der Waals surface area contributed by atoms with Gasteiger partial charge in [0.1, 0.15) is 29.1 Å². The highest BCUT2D eigenvalue weighted by atomic mass is 19.1. The maximum Gasteiger partial charge on any atom is 0.142 e. The number of pyridine rings is 1. The second kappa shape index (κ2) is 4.57. The molecular formula is C15H11F2N3. The van der Waals surface area contributed by atoms with E-state index in [0.717, 1.165) is 42.3 Å². The lowest BCUT2D eigenvalue weighted by Crippen LogP contribution is -2.04. The topological polar surface area (TPSA) is 62.7 Å². The predicted molar refractivity (Wildman–Crippen MR) is 70.7 cm³/mol. The number of nitrogen functional groups attached to an aromatic ring is 1. The van der Waals surface area contributed by atoms with Crippen molar-refractivity contribution in [2.75, 3.05) is 5.73 Å². The van der Waals surface area contributed by atoms with Gasteiger partial charge in [-0.2, -0.15) is 5.26 Å². The molecule has 0 aliphatic heterocycles. The van der Waals surface area contributed by atoms with Crippen molar-refractivity contribution in [3.63, 3.8) is 0 Å². The lowest BCUT2D eigenvalue weighted by molar-refractivity contribution is 0.603. The minimum atomic E-state index is -0.567. The van der Waals surface area contributed by atoms with E-state index in [0.29, 0.717) is 12.0 Å². The van der Waals surface area contributed by atoms with Crippen molar-refractivity contribution >= 4 is 5.82 Å². The SMILES string of the molecule is N#Cc1c(N)nc2c(c1-c1cc(F)ccc1F)CCC2.